The molecule has 0 radical (unpaired) electrons. The van der Waals surface area contributed by atoms with Gasteiger partial charge in [0.1, 0.15) is 17.3 Å². The van der Waals surface area contributed by atoms with Gasteiger partial charge in [-0.1, -0.05) is 30.3 Å². The zero-order chi connectivity index (χ0) is 19.1. The molecule has 3 aromatic rings. The first-order valence-corrected chi connectivity index (χ1v) is 8.44. The average Bonchev–Trinajstić information content (AvgIpc) is 2.68. The number of ether oxygens (including phenoxy) is 1. The second-order valence-corrected chi connectivity index (χ2v) is 5.82. The van der Waals surface area contributed by atoms with Crippen molar-refractivity contribution in [1.29, 1.82) is 0 Å². The van der Waals surface area contributed by atoms with Crippen molar-refractivity contribution in [1.82, 2.24) is 10.3 Å². The molecule has 1 heterocycles. The van der Waals surface area contributed by atoms with Crippen molar-refractivity contribution in [2.45, 2.75) is 13.5 Å². The summed E-state index contributed by atoms with van der Waals surface area (Å²) in [4.78, 5) is 27.7. The summed E-state index contributed by atoms with van der Waals surface area (Å²) >= 11 is 0. The van der Waals surface area contributed by atoms with Crippen LogP contribution >= 0.6 is 0 Å². The van der Waals surface area contributed by atoms with Gasteiger partial charge in [0.2, 0.25) is 5.91 Å². The van der Waals surface area contributed by atoms with Gasteiger partial charge in [-0.15, -0.1) is 0 Å². The van der Waals surface area contributed by atoms with Crippen LogP contribution in [0.1, 0.15) is 22.8 Å². The maximum Gasteiger partial charge on any atom is 0.255 e. The van der Waals surface area contributed by atoms with E-state index in [0.29, 0.717) is 12.1 Å². The molecular formula is C21H19N3O3. The third-order valence-corrected chi connectivity index (χ3v) is 3.70. The summed E-state index contributed by atoms with van der Waals surface area (Å²) < 4.78 is 5.75. The quantitative estimate of drug-likeness (QED) is 0.700. The zero-order valence-corrected chi connectivity index (χ0v) is 14.8. The molecule has 0 spiro atoms. The molecule has 2 aromatic carbocycles. The third-order valence-electron chi connectivity index (χ3n) is 3.70. The van der Waals surface area contributed by atoms with Crippen LogP contribution in [-0.2, 0) is 11.3 Å². The molecule has 0 aliphatic heterocycles. The molecule has 3 rings (SSSR count). The minimum Gasteiger partial charge on any atom is -0.457 e. The SMILES string of the molecule is CC(=O)Nc1ncccc1C(=O)NCc1ccc(Oc2ccccc2)cc1. The lowest BCUT2D eigenvalue weighted by atomic mass is 10.2. The number of nitrogens with zero attached hydrogens (tertiary/aromatic N) is 1. The van der Waals surface area contributed by atoms with Crippen LogP contribution in [0.5, 0.6) is 11.5 Å². The Morgan fingerprint density at radius 3 is 2.33 bits per heavy atom. The highest BCUT2D eigenvalue weighted by molar-refractivity contribution is 6.02. The van der Waals surface area contributed by atoms with Crippen molar-refractivity contribution in [3.05, 3.63) is 84.1 Å². The minimum atomic E-state index is -0.309. The largest absolute Gasteiger partial charge is 0.457 e. The first-order valence-electron chi connectivity index (χ1n) is 8.44. The zero-order valence-electron chi connectivity index (χ0n) is 14.8. The number of aromatic nitrogens is 1. The van der Waals surface area contributed by atoms with E-state index in [0.717, 1.165) is 17.1 Å². The van der Waals surface area contributed by atoms with E-state index in [-0.39, 0.29) is 17.6 Å². The summed E-state index contributed by atoms with van der Waals surface area (Å²) in [5, 5.41) is 5.38. The van der Waals surface area contributed by atoms with E-state index in [9.17, 15) is 9.59 Å². The fraction of sp³-hybridized carbons (Fsp3) is 0.0952. The molecule has 0 aliphatic carbocycles. The highest BCUT2D eigenvalue weighted by Gasteiger charge is 2.12. The number of nitrogens with one attached hydrogen (secondary N) is 2. The normalized spacial score (nSPS) is 10.1. The van der Waals surface area contributed by atoms with Gasteiger partial charge in [0.25, 0.3) is 5.91 Å². The molecular weight excluding hydrogens is 342 g/mol. The van der Waals surface area contributed by atoms with Gasteiger partial charge < -0.3 is 15.4 Å². The number of hydrogen-bond donors (Lipinski definition) is 2. The number of carbonyl (C=O) groups excluding carboxylic acids is 2. The lowest BCUT2D eigenvalue weighted by Gasteiger charge is -2.10. The van der Waals surface area contributed by atoms with Gasteiger partial charge in [0.05, 0.1) is 5.56 Å². The van der Waals surface area contributed by atoms with Crippen LogP contribution in [0, 0.1) is 0 Å². The molecule has 2 N–H and O–H groups in total. The number of pyridine rings is 1. The summed E-state index contributed by atoms with van der Waals surface area (Å²) in [6, 6.07) is 20.2. The van der Waals surface area contributed by atoms with Gasteiger partial charge in [-0.05, 0) is 42.0 Å². The van der Waals surface area contributed by atoms with Crippen LogP contribution in [0.3, 0.4) is 0 Å². The van der Waals surface area contributed by atoms with Crippen molar-refractivity contribution < 1.29 is 14.3 Å². The van der Waals surface area contributed by atoms with E-state index in [1.54, 1.807) is 12.1 Å². The molecule has 0 saturated carbocycles. The Hall–Kier alpha value is -3.67. The van der Waals surface area contributed by atoms with Crippen LogP contribution in [0.15, 0.2) is 72.9 Å². The summed E-state index contributed by atoms with van der Waals surface area (Å²) in [6.07, 6.45) is 1.52. The van der Waals surface area contributed by atoms with E-state index in [1.807, 2.05) is 54.6 Å². The number of rotatable bonds is 6. The van der Waals surface area contributed by atoms with Gasteiger partial charge in [0.15, 0.2) is 0 Å². The maximum absolute atomic E-state index is 12.4. The second kappa shape index (κ2) is 8.62. The molecule has 0 saturated heterocycles. The van der Waals surface area contributed by atoms with Crippen LogP contribution in [0.4, 0.5) is 5.82 Å². The van der Waals surface area contributed by atoms with Crippen molar-refractivity contribution >= 4 is 17.6 Å². The maximum atomic E-state index is 12.4. The molecule has 0 fully saturated rings. The molecule has 0 bridgehead atoms. The van der Waals surface area contributed by atoms with Crippen molar-refractivity contribution in [2.75, 3.05) is 5.32 Å². The van der Waals surface area contributed by atoms with Crippen molar-refractivity contribution in [2.24, 2.45) is 0 Å². The lowest BCUT2D eigenvalue weighted by molar-refractivity contribution is -0.114. The summed E-state index contributed by atoms with van der Waals surface area (Å²) in [6.45, 7) is 1.72. The molecule has 0 unspecified atom stereocenters. The Morgan fingerprint density at radius 1 is 0.926 bits per heavy atom. The monoisotopic (exact) mass is 361 g/mol. The molecule has 136 valence electrons. The third kappa shape index (κ3) is 5.15. The lowest BCUT2D eigenvalue weighted by Crippen LogP contribution is -2.24. The van der Waals surface area contributed by atoms with Crippen LogP contribution < -0.4 is 15.4 Å². The number of hydrogen-bond acceptors (Lipinski definition) is 4. The highest BCUT2D eigenvalue weighted by atomic mass is 16.5. The topological polar surface area (TPSA) is 80.3 Å². The van der Waals surface area contributed by atoms with Crippen LogP contribution in [0.25, 0.3) is 0 Å². The number of benzene rings is 2. The fourth-order valence-electron chi connectivity index (χ4n) is 2.43. The Labute approximate surface area is 157 Å². The molecule has 6 heteroatoms. The van der Waals surface area contributed by atoms with Gasteiger partial charge in [-0.3, -0.25) is 9.59 Å². The summed E-state index contributed by atoms with van der Waals surface area (Å²) in [5.74, 6) is 1.14. The van der Waals surface area contributed by atoms with Crippen molar-refractivity contribution in [3.63, 3.8) is 0 Å². The van der Waals surface area contributed by atoms with Crippen LogP contribution in [0.2, 0.25) is 0 Å². The minimum absolute atomic E-state index is 0.245. The predicted octanol–water partition coefficient (Wildman–Crippen LogP) is 3.76. The van der Waals surface area contributed by atoms with Gasteiger partial charge in [-0.25, -0.2) is 4.98 Å². The van der Waals surface area contributed by atoms with E-state index in [4.69, 9.17) is 4.74 Å². The number of para-hydroxylation sites is 1. The molecule has 0 aliphatic rings. The average molecular weight is 361 g/mol. The number of amides is 2. The van der Waals surface area contributed by atoms with Gasteiger partial charge in [-0.2, -0.15) is 0 Å². The van der Waals surface area contributed by atoms with E-state index < -0.39 is 0 Å². The van der Waals surface area contributed by atoms with E-state index in [2.05, 4.69) is 15.6 Å². The summed E-state index contributed by atoms with van der Waals surface area (Å²) in [5.41, 5.74) is 1.24. The molecule has 27 heavy (non-hydrogen) atoms. The Balaban J connectivity index is 1.60. The molecule has 2 amide bonds. The standard InChI is InChI=1S/C21H19N3O3/c1-15(25)24-20-19(8-5-13-22-20)21(26)23-14-16-9-11-18(12-10-16)27-17-6-3-2-4-7-17/h2-13H,14H2,1H3,(H,23,26)(H,22,24,25). The highest BCUT2D eigenvalue weighted by Crippen LogP contribution is 2.21. The van der Waals surface area contributed by atoms with Crippen LogP contribution in [-0.4, -0.2) is 16.8 Å². The van der Waals surface area contributed by atoms with Crippen molar-refractivity contribution in [3.8, 4) is 11.5 Å². The predicted molar refractivity (Wildman–Crippen MR) is 103 cm³/mol. The first-order chi connectivity index (χ1) is 13.1. The molecule has 1 aromatic heterocycles. The van der Waals surface area contributed by atoms with E-state index in [1.165, 1.54) is 13.1 Å². The van der Waals surface area contributed by atoms with E-state index >= 15 is 0 Å². The van der Waals surface area contributed by atoms with Gasteiger partial charge >= 0.3 is 0 Å². The molecule has 6 nitrogen and oxygen atoms in total. The fourth-order valence-corrected chi connectivity index (χ4v) is 2.43. The second-order valence-electron chi connectivity index (χ2n) is 5.82. The Morgan fingerprint density at radius 2 is 1.63 bits per heavy atom. The smallest absolute Gasteiger partial charge is 0.255 e. The summed E-state index contributed by atoms with van der Waals surface area (Å²) in [7, 11) is 0. The number of anilines is 1. The first kappa shape index (κ1) is 18.1. The number of carbonyl (C=O) groups is 2. The Bertz CT molecular complexity index is 925. The Kier molecular flexibility index (Phi) is 5.79. The molecule has 0 atom stereocenters. The van der Waals surface area contributed by atoms with Gasteiger partial charge in [0, 0.05) is 19.7 Å².